The summed E-state index contributed by atoms with van der Waals surface area (Å²) in [6, 6.07) is 21.6. The molecular formula is C25H27BrN2O4S. The van der Waals surface area contributed by atoms with E-state index < -0.39 is 10.0 Å². The van der Waals surface area contributed by atoms with Crippen LogP contribution in [0.3, 0.4) is 0 Å². The number of methoxy groups -OCH3 is 1. The van der Waals surface area contributed by atoms with Crippen molar-refractivity contribution in [3.63, 3.8) is 0 Å². The molecule has 0 radical (unpaired) electrons. The first-order valence-electron chi connectivity index (χ1n) is 10.5. The molecule has 0 aliphatic carbocycles. The molecule has 1 amide bonds. The van der Waals surface area contributed by atoms with Gasteiger partial charge in [-0.1, -0.05) is 48.0 Å². The standard InChI is InChI=1S/C25H27BrN2O4S/c1-19-10-12-21(13-11-19)28(33(30,31)22-14-15-24(32-2)23(26)17-22)18-25(29)27-16-6-9-20-7-4-3-5-8-20/h3-5,7-8,10-15,17H,6,9,16,18H2,1-2H3,(H,27,29). The van der Waals surface area contributed by atoms with Gasteiger partial charge in [-0.2, -0.15) is 0 Å². The molecule has 0 spiro atoms. The van der Waals surface area contributed by atoms with Crippen LogP contribution in [0.4, 0.5) is 5.69 Å². The molecule has 0 heterocycles. The lowest BCUT2D eigenvalue weighted by Crippen LogP contribution is -2.41. The number of hydrogen-bond acceptors (Lipinski definition) is 4. The van der Waals surface area contributed by atoms with Crippen LogP contribution in [0, 0.1) is 6.92 Å². The van der Waals surface area contributed by atoms with E-state index in [1.54, 1.807) is 18.2 Å². The third kappa shape index (κ3) is 6.58. The Bertz CT molecular complexity index is 1180. The molecule has 0 unspecified atom stereocenters. The number of carbonyl (C=O) groups is 1. The van der Waals surface area contributed by atoms with Crippen molar-refractivity contribution in [2.45, 2.75) is 24.7 Å². The summed E-state index contributed by atoms with van der Waals surface area (Å²) in [4.78, 5) is 12.8. The Balaban J connectivity index is 1.76. The first kappa shape index (κ1) is 24.8. The van der Waals surface area contributed by atoms with Gasteiger partial charge in [-0.25, -0.2) is 8.42 Å². The maximum Gasteiger partial charge on any atom is 0.264 e. The molecule has 33 heavy (non-hydrogen) atoms. The van der Waals surface area contributed by atoms with Crippen LogP contribution in [0.5, 0.6) is 5.75 Å². The fraction of sp³-hybridized carbons (Fsp3) is 0.240. The number of aryl methyl sites for hydroxylation is 2. The van der Waals surface area contributed by atoms with Gasteiger partial charge in [0.25, 0.3) is 10.0 Å². The highest BCUT2D eigenvalue weighted by Crippen LogP contribution is 2.30. The van der Waals surface area contributed by atoms with Crippen LogP contribution in [0.15, 0.2) is 82.2 Å². The van der Waals surface area contributed by atoms with Gasteiger partial charge in [0.15, 0.2) is 0 Å². The van der Waals surface area contributed by atoms with Crippen LogP contribution in [0.2, 0.25) is 0 Å². The number of sulfonamides is 1. The van der Waals surface area contributed by atoms with Gasteiger partial charge in [-0.15, -0.1) is 0 Å². The molecule has 8 heteroatoms. The predicted octanol–water partition coefficient (Wildman–Crippen LogP) is 4.71. The van der Waals surface area contributed by atoms with Crippen molar-refractivity contribution in [1.82, 2.24) is 5.32 Å². The molecule has 0 saturated carbocycles. The van der Waals surface area contributed by atoms with Crippen LogP contribution in [-0.4, -0.2) is 34.5 Å². The number of nitrogens with zero attached hydrogens (tertiary/aromatic N) is 1. The lowest BCUT2D eigenvalue weighted by Gasteiger charge is -2.24. The zero-order valence-corrected chi connectivity index (χ0v) is 21.0. The fourth-order valence-corrected chi connectivity index (χ4v) is 5.45. The molecule has 0 aromatic heterocycles. The number of rotatable bonds is 10. The van der Waals surface area contributed by atoms with E-state index in [0.29, 0.717) is 22.5 Å². The molecule has 0 aliphatic heterocycles. The number of halogens is 1. The number of benzene rings is 3. The smallest absolute Gasteiger partial charge is 0.264 e. The number of nitrogens with one attached hydrogen (secondary N) is 1. The largest absolute Gasteiger partial charge is 0.496 e. The third-order valence-corrected chi connectivity index (χ3v) is 7.52. The minimum absolute atomic E-state index is 0.0626. The Kier molecular flexibility index (Phi) is 8.52. The zero-order valence-electron chi connectivity index (χ0n) is 18.6. The zero-order chi connectivity index (χ0) is 23.8. The van der Waals surface area contributed by atoms with Crippen LogP contribution < -0.4 is 14.4 Å². The normalized spacial score (nSPS) is 11.1. The second-order valence-electron chi connectivity index (χ2n) is 7.58. The van der Waals surface area contributed by atoms with Crippen LogP contribution >= 0.6 is 15.9 Å². The van der Waals surface area contributed by atoms with Crippen LogP contribution in [-0.2, 0) is 21.2 Å². The Morgan fingerprint density at radius 1 is 1.03 bits per heavy atom. The molecule has 0 saturated heterocycles. The minimum atomic E-state index is -4.00. The highest BCUT2D eigenvalue weighted by molar-refractivity contribution is 9.10. The fourth-order valence-electron chi connectivity index (χ4n) is 3.31. The monoisotopic (exact) mass is 530 g/mol. The number of carbonyl (C=O) groups excluding carboxylic acids is 1. The van der Waals surface area contributed by atoms with Crippen molar-refractivity contribution in [3.8, 4) is 5.75 Å². The van der Waals surface area contributed by atoms with E-state index in [0.717, 1.165) is 22.7 Å². The number of amides is 1. The molecule has 0 bridgehead atoms. The first-order chi connectivity index (χ1) is 15.8. The second kappa shape index (κ2) is 11.3. The summed E-state index contributed by atoms with van der Waals surface area (Å²) in [6.07, 6.45) is 1.60. The summed E-state index contributed by atoms with van der Waals surface area (Å²) in [5.74, 6) is 0.159. The summed E-state index contributed by atoms with van der Waals surface area (Å²) in [5.41, 5.74) is 2.61. The van der Waals surface area contributed by atoms with Crippen molar-refractivity contribution in [2.24, 2.45) is 0 Å². The molecule has 3 aromatic rings. The SMILES string of the molecule is COc1ccc(S(=O)(=O)N(CC(=O)NCCCc2ccccc2)c2ccc(C)cc2)cc1Br. The number of hydrogen-bond donors (Lipinski definition) is 1. The highest BCUT2D eigenvalue weighted by Gasteiger charge is 2.28. The number of anilines is 1. The highest BCUT2D eigenvalue weighted by atomic mass is 79.9. The van der Waals surface area contributed by atoms with Gasteiger partial charge in [0.2, 0.25) is 5.91 Å². The van der Waals surface area contributed by atoms with Gasteiger partial charge in [-0.05, 0) is 71.6 Å². The molecule has 6 nitrogen and oxygen atoms in total. The lowest BCUT2D eigenvalue weighted by atomic mass is 10.1. The topological polar surface area (TPSA) is 75.7 Å². The van der Waals surface area contributed by atoms with E-state index >= 15 is 0 Å². The number of ether oxygens (including phenoxy) is 1. The molecule has 0 fully saturated rings. The van der Waals surface area contributed by atoms with E-state index in [1.807, 2.05) is 49.4 Å². The Morgan fingerprint density at radius 2 is 1.73 bits per heavy atom. The summed E-state index contributed by atoms with van der Waals surface area (Å²) in [6.45, 7) is 2.06. The summed E-state index contributed by atoms with van der Waals surface area (Å²) < 4.78 is 33.9. The maximum atomic E-state index is 13.5. The Labute approximate surface area is 203 Å². The van der Waals surface area contributed by atoms with Crippen molar-refractivity contribution in [1.29, 1.82) is 0 Å². The molecule has 1 N–H and O–H groups in total. The average Bonchev–Trinajstić information content (AvgIpc) is 2.81. The van der Waals surface area contributed by atoms with E-state index in [4.69, 9.17) is 4.74 Å². The second-order valence-corrected chi connectivity index (χ2v) is 10.3. The third-order valence-electron chi connectivity index (χ3n) is 5.13. The minimum Gasteiger partial charge on any atom is -0.496 e. The van der Waals surface area contributed by atoms with E-state index in [9.17, 15) is 13.2 Å². The molecule has 3 rings (SSSR count). The molecule has 174 valence electrons. The molecule has 0 atom stereocenters. The van der Waals surface area contributed by atoms with Gasteiger partial charge >= 0.3 is 0 Å². The molecular weight excluding hydrogens is 504 g/mol. The summed E-state index contributed by atoms with van der Waals surface area (Å²) in [7, 11) is -2.49. The summed E-state index contributed by atoms with van der Waals surface area (Å²) in [5, 5.41) is 2.84. The van der Waals surface area contributed by atoms with Crippen LogP contribution in [0.25, 0.3) is 0 Å². The van der Waals surface area contributed by atoms with E-state index in [1.165, 1.54) is 24.8 Å². The van der Waals surface area contributed by atoms with Gasteiger partial charge < -0.3 is 10.1 Å². The average molecular weight is 531 g/mol. The predicted molar refractivity (Wildman–Crippen MR) is 134 cm³/mol. The lowest BCUT2D eigenvalue weighted by molar-refractivity contribution is -0.119. The van der Waals surface area contributed by atoms with Crippen molar-refractivity contribution >= 4 is 37.5 Å². The molecule has 3 aromatic carbocycles. The van der Waals surface area contributed by atoms with Gasteiger partial charge in [0, 0.05) is 6.54 Å². The first-order valence-corrected chi connectivity index (χ1v) is 12.8. The summed E-state index contributed by atoms with van der Waals surface area (Å²) >= 11 is 3.34. The van der Waals surface area contributed by atoms with E-state index in [-0.39, 0.29) is 17.3 Å². The van der Waals surface area contributed by atoms with Gasteiger partial charge in [-0.3, -0.25) is 9.10 Å². The van der Waals surface area contributed by atoms with Crippen molar-refractivity contribution < 1.29 is 17.9 Å². The van der Waals surface area contributed by atoms with E-state index in [2.05, 4.69) is 21.2 Å². The van der Waals surface area contributed by atoms with Gasteiger partial charge in [0.05, 0.1) is 22.2 Å². The van der Waals surface area contributed by atoms with Gasteiger partial charge in [0.1, 0.15) is 12.3 Å². The Hall–Kier alpha value is -2.84. The Morgan fingerprint density at radius 3 is 2.36 bits per heavy atom. The quantitative estimate of drug-likeness (QED) is 0.385. The molecule has 0 aliphatic rings. The van der Waals surface area contributed by atoms with Crippen molar-refractivity contribution in [3.05, 3.63) is 88.4 Å². The van der Waals surface area contributed by atoms with Crippen LogP contribution in [0.1, 0.15) is 17.5 Å². The van der Waals surface area contributed by atoms with Crippen molar-refractivity contribution in [2.75, 3.05) is 24.5 Å². The maximum absolute atomic E-state index is 13.5.